The van der Waals surface area contributed by atoms with Crippen molar-refractivity contribution in [1.82, 2.24) is 15.3 Å². The van der Waals surface area contributed by atoms with Crippen molar-refractivity contribution in [3.8, 4) is 11.1 Å². The molecule has 2 aromatic heterocycles. The smallest absolute Gasteiger partial charge is 0.256 e. The van der Waals surface area contributed by atoms with Crippen molar-refractivity contribution in [3.63, 3.8) is 0 Å². The van der Waals surface area contributed by atoms with Gasteiger partial charge < -0.3 is 10.3 Å². The monoisotopic (exact) mass is 413 g/mol. The van der Waals surface area contributed by atoms with Gasteiger partial charge in [-0.15, -0.1) is 0 Å². The summed E-state index contributed by atoms with van der Waals surface area (Å²) >= 11 is 0. The molecular formula is C26H27N3O2. The largest absolute Gasteiger partial charge is 0.350 e. The summed E-state index contributed by atoms with van der Waals surface area (Å²) in [6.45, 7) is 6.55. The molecule has 3 aromatic rings. The van der Waals surface area contributed by atoms with Crippen LogP contribution in [0.5, 0.6) is 0 Å². The molecule has 1 saturated heterocycles. The molecule has 2 N–H and O–H groups in total. The Morgan fingerprint density at radius 1 is 1.00 bits per heavy atom. The number of hydrogen-bond donors (Lipinski definition) is 2. The maximum atomic E-state index is 12.9. The van der Waals surface area contributed by atoms with Gasteiger partial charge in [-0.1, -0.05) is 51.1 Å². The van der Waals surface area contributed by atoms with Crippen molar-refractivity contribution >= 4 is 11.5 Å². The molecule has 0 saturated carbocycles. The second-order valence-electron chi connectivity index (χ2n) is 8.97. The predicted octanol–water partition coefficient (Wildman–Crippen LogP) is 4.44. The number of rotatable bonds is 4. The van der Waals surface area contributed by atoms with Gasteiger partial charge in [0.2, 0.25) is 5.91 Å². The summed E-state index contributed by atoms with van der Waals surface area (Å²) in [6.07, 6.45) is 6.67. The van der Waals surface area contributed by atoms with Gasteiger partial charge in [-0.2, -0.15) is 0 Å². The zero-order valence-corrected chi connectivity index (χ0v) is 18.1. The van der Waals surface area contributed by atoms with E-state index in [-0.39, 0.29) is 22.9 Å². The van der Waals surface area contributed by atoms with E-state index in [4.69, 9.17) is 0 Å². The lowest BCUT2D eigenvalue weighted by Crippen LogP contribution is -2.23. The van der Waals surface area contributed by atoms with E-state index in [9.17, 15) is 9.59 Å². The molecule has 5 nitrogen and oxygen atoms in total. The number of pyridine rings is 2. The number of carbonyl (C=O) groups excluding carboxylic acids is 1. The topological polar surface area (TPSA) is 74.8 Å². The van der Waals surface area contributed by atoms with Crippen molar-refractivity contribution in [1.29, 1.82) is 0 Å². The summed E-state index contributed by atoms with van der Waals surface area (Å²) in [7, 11) is 0. The molecule has 0 unspecified atom stereocenters. The fourth-order valence-electron chi connectivity index (χ4n) is 3.84. The second kappa shape index (κ2) is 8.34. The summed E-state index contributed by atoms with van der Waals surface area (Å²) in [6, 6.07) is 15.8. The average molecular weight is 414 g/mol. The fraction of sp³-hybridized carbons (Fsp3) is 0.269. The third-order valence-corrected chi connectivity index (χ3v) is 5.65. The van der Waals surface area contributed by atoms with E-state index in [1.54, 1.807) is 12.4 Å². The Kier molecular flexibility index (Phi) is 5.59. The lowest BCUT2D eigenvalue weighted by molar-refractivity contribution is -0.119. The van der Waals surface area contributed by atoms with Gasteiger partial charge in [0.1, 0.15) is 0 Å². The van der Waals surface area contributed by atoms with Gasteiger partial charge in [-0.3, -0.25) is 14.6 Å². The SMILES string of the molecule is CC(C)(C)c1ccc(/C(=C\[C@H]2CCC(=O)N2)c2ccc(-c3ccncc3)c(=O)[nH]2)cc1. The Bertz CT molecular complexity index is 1170. The van der Waals surface area contributed by atoms with Crippen LogP contribution in [0.2, 0.25) is 0 Å². The number of H-pyrrole nitrogens is 1. The van der Waals surface area contributed by atoms with Crippen LogP contribution >= 0.6 is 0 Å². The maximum absolute atomic E-state index is 12.9. The number of amides is 1. The average Bonchev–Trinajstić information content (AvgIpc) is 3.17. The normalized spacial score (nSPS) is 16.9. The number of nitrogens with one attached hydrogen (secondary N) is 2. The summed E-state index contributed by atoms with van der Waals surface area (Å²) in [5.41, 5.74) is 5.21. The van der Waals surface area contributed by atoms with E-state index < -0.39 is 0 Å². The fourth-order valence-corrected chi connectivity index (χ4v) is 3.84. The van der Waals surface area contributed by atoms with Gasteiger partial charge in [-0.05, 0) is 52.8 Å². The Morgan fingerprint density at radius 3 is 2.29 bits per heavy atom. The van der Waals surface area contributed by atoms with Gasteiger partial charge in [0.15, 0.2) is 0 Å². The van der Waals surface area contributed by atoms with E-state index >= 15 is 0 Å². The first kappa shape index (κ1) is 20.8. The highest BCUT2D eigenvalue weighted by Crippen LogP contribution is 2.28. The predicted molar refractivity (Wildman–Crippen MR) is 124 cm³/mol. The number of hydrogen-bond acceptors (Lipinski definition) is 3. The number of aromatic nitrogens is 2. The number of benzene rings is 1. The van der Waals surface area contributed by atoms with Gasteiger partial charge in [-0.25, -0.2) is 0 Å². The van der Waals surface area contributed by atoms with Crippen LogP contribution in [0.1, 0.15) is 50.4 Å². The molecular weight excluding hydrogens is 386 g/mol. The third kappa shape index (κ3) is 4.66. The van der Waals surface area contributed by atoms with E-state index in [0.717, 1.165) is 28.8 Å². The van der Waals surface area contributed by atoms with Crippen LogP contribution in [-0.4, -0.2) is 21.9 Å². The minimum absolute atomic E-state index is 0.0480. The standard InChI is InChI=1S/C26H27N3O2/c1-26(2,3)19-6-4-17(5-7-19)22(16-20-8-11-24(30)28-20)23-10-9-21(25(31)29-23)18-12-14-27-15-13-18/h4-7,9-10,12-16,20H,8,11H2,1-3H3,(H,28,30)(H,29,31)/b22-16+/t20-/m1/s1. The van der Waals surface area contributed by atoms with E-state index in [1.165, 1.54) is 5.56 Å². The molecule has 0 spiro atoms. The van der Waals surface area contributed by atoms with Crippen LogP contribution in [0.4, 0.5) is 0 Å². The molecule has 1 aliphatic heterocycles. The van der Waals surface area contributed by atoms with Crippen LogP contribution < -0.4 is 10.9 Å². The summed E-state index contributed by atoms with van der Waals surface area (Å²) in [5, 5.41) is 3.00. The first-order valence-electron chi connectivity index (χ1n) is 10.6. The van der Waals surface area contributed by atoms with Gasteiger partial charge in [0.05, 0.1) is 0 Å². The zero-order chi connectivity index (χ0) is 22.0. The van der Waals surface area contributed by atoms with Gasteiger partial charge in [0, 0.05) is 41.7 Å². The first-order valence-corrected chi connectivity index (χ1v) is 10.6. The number of carbonyl (C=O) groups is 1. The van der Waals surface area contributed by atoms with Crippen LogP contribution in [0.15, 0.2) is 71.8 Å². The van der Waals surface area contributed by atoms with E-state index in [0.29, 0.717) is 12.0 Å². The molecule has 1 fully saturated rings. The Labute approximate surface area is 182 Å². The minimum Gasteiger partial charge on any atom is -0.350 e. The van der Waals surface area contributed by atoms with Crippen molar-refractivity contribution < 1.29 is 4.79 Å². The molecule has 1 atom stereocenters. The van der Waals surface area contributed by atoms with Crippen LogP contribution in [0.25, 0.3) is 16.7 Å². The van der Waals surface area contributed by atoms with Gasteiger partial charge in [0.25, 0.3) is 5.56 Å². The molecule has 1 amide bonds. The van der Waals surface area contributed by atoms with Crippen molar-refractivity contribution in [2.75, 3.05) is 0 Å². The lowest BCUT2D eigenvalue weighted by atomic mass is 9.86. The van der Waals surface area contributed by atoms with Crippen molar-refractivity contribution in [3.05, 3.63) is 94.2 Å². The Balaban J connectivity index is 1.76. The molecule has 0 radical (unpaired) electrons. The summed E-state index contributed by atoms with van der Waals surface area (Å²) in [5.74, 6) is 0.0604. The maximum Gasteiger partial charge on any atom is 0.256 e. The lowest BCUT2D eigenvalue weighted by Gasteiger charge is -2.20. The van der Waals surface area contributed by atoms with Crippen LogP contribution in [0.3, 0.4) is 0 Å². The van der Waals surface area contributed by atoms with Crippen molar-refractivity contribution in [2.24, 2.45) is 0 Å². The Morgan fingerprint density at radius 2 is 1.71 bits per heavy atom. The number of aromatic amines is 1. The highest BCUT2D eigenvalue weighted by Gasteiger charge is 2.21. The minimum atomic E-state index is -0.156. The van der Waals surface area contributed by atoms with Crippen LogP contribution in [0, 0.1) is 0 Å². The molecule has 5 heteroatoms. The highest BCUT2D eigenvalue weighted by atomic mass is 16.2. The molecule has 158 valence electrons. The second-order valence-corrected chi connectivity index (χ2v) is 8.97. The first-order chi connectivity index (χ1) is 14.8. The third-order valence-electron chi connectivity index (χ3n) is 5.65. The molecule has 0 aliphatic carbocycles. The van der Waals surface area contributed by atoms with Crippen LogP contribution in [-0.2, 0) is 10.2 Å². The number of nitrogens with zero attached hydrogens (tertiary/aromatic N) is 1. The van der Waals surface area contributed by atoms with Crippen molar-refractivity contribution in [2.45, 2.75) is 45.1 Å². The Hall–Kier alpha value is -3.47. The molecule has 0 bridgehead atoms. The zero-order valence-electron chi connectivity index (χ0n) is 18.1. The van der Waals surface area contributed by atoms with E-state index in [1.807, 2.05) is 30.3 Å². The highest BCUT2D eigenvalue weighted by molar-refractivity contribution is 5.82. The molecule has 3 heterocycles. The van der Waals surface area contributed by atoms with Gasteiger partial charge >= 0.3 is 0 Å². The molecule has 1 aliphatic rings. The summed E-state index contributed by atoms with van der Waals surface area (Å²) < 4.78 is 0. The molecule has 4 rings (SSSR count). The molecule has 31 heavy (non-hydrogen) atoms. The quantitative estimate of drug-likeness (QED) is 0.664. The summed E-state index contributed by atoms with van der Waals surface area (Å²) in [4.78, 5) is 31.7. The molecule has 1 aromatic carbocycles. The van der Waals surface area contributed by atoms with E-state index in [2.05, 4.69) is 60.3 Å².